The Balaban J connectivity index is 0.00000133. The van der Waals surface area contributed by atoms with Crippen molar-refractivity contribution in [1.82, 2.24) is 10.2 Å². The predicted octanol–water partition coefficient (Wildman–Crippen LogP) is 2.45. The maximum Gasteiger partial charge on any atom is 0.225 e. The molecule has 1 spiro atoms. The second-order valence-corrected chi connectivity index (χ2v) is 6.78. The molecule has 1 saturated carbocycles. The van der Waals surface area contributed by atoms with E-state index < -0.39 is 0 Å². The second-order valence-electron chi connectivity index (χ2n) is 6.78. The number of rotatable bonds is 2. The van der Waals surface area contributed by atoms with Gasteiger partial charge in [-0.15, -0.1) is 12.4 Å². The lowest BCUT2D eigenvalue weighted by molar-refractivity contribution is -0.136. The van der Waals surface area contributed by atoms with Crippen LogP contribution in [-0.2, 0) is 4.79 Å². The van der Waals surface area contributed by atoms with Gasteiger partial charge in [0.1, 0.15) is 0 Å². The molecular weight excluding hydrogens is 260 g/mol. The average molecular weight is 287 g/mol. The van der Waals surface area contributed by atoms with Crippen LogP contribution in [0.3, 0.4) is 0 Å². The molecule has 1 atom stereocenters. The molecular formula is C15H27ClN2O. The molecule has 0 aromatic rings. The third-order valence-corrected chi connectivity index (χ3v) is 5.57. The lowest BCUT2D eigenvalue weighted by Gasteiger charge is -2.36. The second kappa shape index (κ2) is 6.01. The van der Waals surface area contributed by atoms with Crippen molar-refractivity contribution >= 4 is 18.3 Å². The van der Waals surface area contributed by atoms with E-state index in [-0.39, 0.29) is 18.3 Å². The quantitative estimate of drug-likeness (QED) is 0.846. The largest absolute Gasteiger partial charge is 0.342 e. The highest BCUT2D eigenvalue weighted by Crippen LogP contribution is 2.44. The Morgan fingerprint density at radius 2 is 1.89 bits per heavy atom. The van der Waals surface area contributed by atoms with E-state index in [2.05, 4.69) is 17.1 Å². The summed E-state index contributed by atoms with van der Waals surface area (Å²) in [6.45, 7) is 6.26. The standard InChI is InChI=1S/C15H26N2O.ClH/c1-12(13-9-16-10-13)14(18)17-8-7-15(11-17)5-3-2-4-6-15;/h12-13,16H,2-11H2,1H3;1H. The van der Waals surface area contributed by atoms with Gasteiger partial charge in [-0.2, -0.15) is 0 Å². The molecule has 1 aliphatic carbocycles. The maximum atomic E-state index is 12.5. The van der Waals surface area contributed by atoms with Crippen molar-refractivity contribution in [3.63, 3.8) is 0 Å². The Morgan fingerprint density at radius 1 is 1.21 bits per heavy atom. The summed E-state index contributed by atoms with van der Waals surface area (Å²) in [4.78, 5) is 14.7. The van der Waals surface area contributed by atoms with E-state index in [4.69, 9.17) is 0 Å². The smallest absolute Gasteiger partial charge is 0.225 e. The van der Waals surface area contributed by atoms with Crippen molar-refractivity contribution in [2.24, 2.45) is 17.3 Å². The predicted molar refractivity (Wildman–Crippen MR) is 79.5 cm³/mol. The molecule has 1 amide bonds. The van der Waals surface area contributed by atoms with Gasteiger partial charge in [0, 0.05) is 19.0 Å². The summed E-state index contributed by atoms with van der Waals surface area (Å²) in [5, 5.41) is 3.27. The first-order valence-electron chi connectivity index (χ1n) is 7.70. The zero-order valence-corrected chi connectivity index (χ0v) is 12.8. The van der Waals surface area contributed by atoms with Crippen LogP contribution in [0.2, 0.25) is 0 Å². The number of hydrogen-bond acceptors (Lipinski definition) is 2. The average Bonchev–Trinajstić information content (AvgIpc) is 2.71. The maximum absolute atomic E-state index is 12.5. The highest BCUT2D eigenvalue weighted by atomic mass is 35.5. The first kappa shape index (κ1) is 15.1. The molecule has 3 fully saturated rings. The van der Waals surface area contributed by atoms with Crippen molar-refractivity contribution in [1.29, 1.82) is 0 Å². The molecule has 110 valence electrons. The molecule has 4 heteroatoms. The topological polar surface area (TPSA) is 32.3 Å². The van der Waals surface area contributed by atoms with Crippen molar-refractivity contribution in [2.45, 2.75) is 45.4 Å². The van der Waals surface area contributed by atoms with Gasteiger partial charge in [0.15, 0.2) is 0 Å². The Kier molecular flexibility index (Phi) is 4.78. The lowest BCUT2D eigenvalue weighted by Crippen LogP contribution is -2.50. The minimum absolute atomic E-state index is 0. The molecule has 1 unspecified atom stereocenters. The number of hydrogen-bond donors (Lipinski definition) is 1. The lowest BCUT2D eigenvalue weighted by atomic mass is 9.73. The minimum Gasteiger partial charge on any atom is -0.342 e. The van der Waals surface area contributed by atoms with Gasteiger partial charge in [-0.1, -0.05) is 26.2 Å². The van der Waals surface area contributed by atoms with Crippen LogP contribution in [0.5, 0.6) is 0 Å². The van der Waals surface area contributed by atoms with Crippen molar-refractivity contribution < 1.29 is 4.79 Å². The van der Waals surface area contributed by atoms with Gasteiger partial charge in [-0.3, -0.25) is 4.79 Å². The number of carbonyl (C=O) groups excluding carboxylic acids is 1. The zero-order valence-electron chi connectivity index (χ0n) is 12.0. The van der Waals surface area contributed by atoms with E-state index in [9.17, 15) is 4.79 Å². The first-order chi connectivity index (χ1) is 8.70. The Labute approximate surface area is 122 Å². The van der Waals surface area contributed by atoms with Gasteiger partial charge in [-0.25, -0.2) is 0 Å². The minimum atomic E-state index is 0. The molecule has 2 aliphatic heterocycles. The zero-order chi connectivity index (χ0) is 12.6. The molecule has 0 aromatic carbocycles. The van der Waals surface area contributed by atoms with E-state index in [1.807, 2.05) is 0 Å². The summed E-state index contributed by atoms with van der Waals surface area (Å²) in [6, 6.07) is 0. The van der Waals surface area contributed by atoms with Gasteiger partial charge in [0.05, 0.1) is 0 Å². The highest BCUT2D eigenvalue weighted by Gasteiger charge is 2.42. The molecule has 0 bridgehead atoms. The molecule has 2 heterocycles. The van der Waals surface area contributed by atoms with E-state index >= 15 is 0 Å². The van der Waals surface area contributed by atoms with Crippen LogP contribution < -0.4 is 5.32 Å². The summed E-state index contributed by atoms with van der Waals surface area (Å²) in [5.41, 5.74) is 0.505. The number of carbonyl (C=O) groups is 1. The first-order valence-corrected chi connectivity index (χ1v) is 7.70. The molecule has 2 saturated heterocycles. The normalized spacial score (nSPS) is 27.7. The molecule has 3 nitrogen and oxygen atoms in total. The molecule has 1 N–H and O–H groups in total. The molecule has 0 aromatic heterocycles. The Bertz CT molecular complexity index is 324. The van der Waals surface area contributed by atoms with Crippen LogP contribution >= 0.6 is 12.4 Å². The van der Waals surface area contributed by atoms with Crippen LogP contribution in [0.1, 0.15) is 45.4 Å². The fourth-order valence-corrected chi connectivity index (χ4v) is 3.99. The van der Waals surface area contributed by atoms with E-state index in [1.165, 1.54) is 38.5 Å². The third-order valence-electron chi connectivity index (χ3n) is 5.57. The van der Waals surface area contributed by atoms with Gasteiger partial charge in [0.2, 0.25) is 5.91 Å². The molecule has 3 aliphatic rings. The number of amides is 1. The van der Waals surface area contributed by atoms with Crippen molar-refractivity contribution in [3.8, 4) is 0 Å². The summed E-state index contributed by atoms with van der Waals surface area (Å²) in [6.07, 6.45) is 8.13. The highest BCUT2D eigenvalue weighted by molar-refractivity contribution is 5.85. The number of halogens is 1. The van der Waals surface area contributed by atoms with Crippen LogP contribution in [-0.4, -0.2) is 37.0 Å². The third kappa shape index (κ3) is 2.92. The van der Waals surface area contributed by atoms with E-state index in [0.717, 1.165) is 26.2 Å². The van der Waals surface area contributed by atoms with Gasteiger partial charge < -0.3 is 10.2 Å². The fraction of sp³-hybridized carbons (Fsp3) is 0.933. The Hall–Kier alpha value is -0.280. The Morgan fingerprint density at radius 3 is 2.47 bits per heavy atom. The number of nitrogens with one attached hydrogen (secondary N) is 1. The van der Waals surface area contributed by atoms with Gasteiger partial charge in [-0.05, 0) is 43.7 Å². The van der Waals surface area contributed by atoms with Gasteiger partial charge in [0.25, 0.3) is 0 Å². The van der Waals surface area contributed by atoms with Crippen LogP contribution in [0, 0.1) is 17.3 Å². The molecule has 3 rings (SSSR count). The summed E-state index contributed by atoms with van der Waals surface area (Å²) >= 11 is 0. The van der Waals surface area contributed by atoms with Crippen LogP contribution in [0.15, 0.2) is 0 Å². The number of nitrogens with zero attached hydrogens (tertiary/aromatic N) is 1. The van der Waals surface area contributed by atoms with E-state index in [0.29, 0.717) is 17.2 Å². The summed E-state index contributed by atoms with van der Waals surface area (Å²) < 4.78 is 0. The van der Waals surface area contributed by atoms with Crippen molar-refractivity contribution in [2.75, 3.05) is 26.2 Å². The fourth-order valence-electron chi connectivity index (χ4n) is 3.99. The van der Waals surface area contributed by atoms with E-state index in [1.54, 1.807) is 0 Å². The summed E-state index contributed by atoms with van der Waals surface area (Å²) in [5.74, 6) is 1.23. The van der Waals surface area contributed by atoms with Crippen molar-refractivity contribution in [3.05, 3.63) is 0 Å². The van der Waals surface area contributed by atoms with Gasteiger partial charge >= 0.3 is 0 Å². The SMILES string of the molecule is CC(C(=O)N1CCC2(CCCCC2)C1)C1CNC1.Cl. The van der Waals surface area contributed by atoms with Crippen LogP contribution in [0.25, 0.3) is 0 Å². The van der Waals surface area contributed by atoms with Crippen LogP contribution in [0.4, 0.5) is 0 Å². The monoisotopic (exact) mass is 286 g/mol. The molecule has 19 heavy (non-hydrogen) atoms. The molecule has 0 radical (unpaired) electrons. The summed E-state index contributed by atoms with van der Waals surface area (Å²) in [7, 11) is 0. The number of likely N-dealkylation sites (tertiary alicyclic amines) is 1.